The zero-order valence-corrected chi connectivity index (χ0v) is 12.5. The molecule has 0 heterocycles. The van der Waals surface area contributed by atoms with Crippen LogP contribution in [0.25, 0.3) is 0 Å². The molecule has 1 aromatic carbocycles. The highest BCUT2D eigenvalue weighted by Crippen LogP contribution is 2.14. The highest BCUT2D eigenvalue weighted by molar-refractivity contribution is 7.89. The summed E-state index contributed by atoms with van der Waals surface area (Å²) < 4.78 is 27.1. The van der Waals surface area contributed by atoms with Gasteiger partial charge in [0, 0.05) is 24.4 Å². The summed E-state index contributed by atoms with van der Waals surface area (Å²) in [5.41, 5.74) is 0.403. The maximum Gasteiger partial charge on any atom is 0.240 e. The quantitative estimate of drug-likeness (QED) is 0.620. The topological polar surface area (TPSA) is 63.2 Å². The van der Waals surface area contributed by atoms with E-state index in [1.807, 2.05) is 6.92 Å². The van der Waals surface area contributed by atoms with Crippen molar-refractivity contribution in [2.75, 3.05) is 0 Å². The van der Waals surface area contributed by atoms with Crippen LogP contribution in [0, 0.1) is 12.3 Å². The molecule has 0 aliphatic carbocycles. The smallest absolute Gasteiger partial charge is 0.240 e. The minimum absolute atomic E-state index is 0.0854. The summed E-state index contributed by atoms with van der Waals surface area (Å²) in [6.07, 6.45) is 6.50. The first-order valence-electron chi connectivity index (χ1n) is 6.53. The van der Waals surface area contributed by atoms with Gasteiger partial charge in [0.2, 0.25) is 10.0 Å². The van der Waals surface area contributed by atoms with E-state index < -0.39 is 10.0 Å². The van der Waals surface area contributed by atoms with E-state index in [-0.39, 0.29) is 16.7 Å². The molecule has 1 rings (SSSR count). The van der Waals surface area contributed by atoms with Crippen LogP contribution >= 0.6 is 0 Å². The molecular formula is C15H19NO3S. The fourth-order valence-electron chi connectivity index (χ4n) is 1.74. The summed E-state index contributed by atoms with van der Waals surface area (Å²) in [6, 6.07) is 5.76. The van der Waals surface area contributed by atoms with E-state index >= 15 is 0 Å². The molecule has 5 heteroatoms. The average Bonchev–Trinajstić information content (AvgIpc) is 2.45. The Labute approximate surface area is 120 Å². The Bertz CT molecular complexity index is 614. The minimum atomic E-state index is -3.66. The van der Waals surface area contributed by atoms with E-state index in [0.717, 1.165) is 0 Å². The van der Waals surface area contributed by atoms with Gasteiger partial charge in [-0.2, -0.15) is 0 Å². The van der Waals surface area contributed by atoms with Crippen molar-refractivity contribution >= 4 is 15.8 Å². The Morgan fingerprint density at radius 3 is 2.65 bits per heavy atom. The Morgan fingerprint density at radius 1 is 1.40 bits per heavy atom. The number of carbonyl (C=O) groups is 1. The largest absolute Gasteiger partial charge is 0.294 e. The summed E-state index contributed by atoms with van der Waals surface area (Å²) in [4.78, 5) is 11.7. The lowest BCUT2D eigenvalue weighted by Crippen LogP contribution is -2.34. The first kappa shape index (κ1) is 16.4. The van der Waals surface area contributed by atoms with Crippen molar-refractivity contribution in [2.45, 2.75) is 44.0 Å². The van der Waals surface area contributed by atoms with Gasteiger partial charge in [0.25, 0.3) is 0 Å². The molecule has 1 atom stereocenters. The Kier molecular flexibility index (Phi) is 5.93. The SMILES string of the molecule is C#CCC(CC)NS(=O)(=O)c1cccc(C(=O)CC)c1. The van der Waals surface area contributed by atoms with Gasteiger partial charge in [0.1, 0.15) is 0 Å². The molecule has 1 aromatic rings. The summed E-state index contributed by atoms with van der Waals surface area (Å²) in [6.45, 7) is 3.60. The molecule has 1 unspecified atom stereocenters. The fourth-order valence-corrected chi connectivity index (χ4v) is 3.10. The predicted octanol–water partition coefficient (Wildman–Crippen LogP) is 2.36. The van der Waals surface area contributed by atoms with Gasteiger partial charge >= 0.3 is 0 Å². The number of hydrogen-bond donors (Lipinski definition) is 1. The molecule has 20 heavy (non-hydrogen) atoms. The van der Waals surface area contributed by atoms with Crippen molar-refractivity contribution < 1.29 is 13.2 Å². The molecule has 0 saturated carbocycles. The van der Waals surface area contributed by atoms with Crippen LogP contribution in [0.4, 0.5) is 0 Å². The second kappa shape index (κ2) is 7.22. The lowest BCUT2D eigenvalue weighted by atomic mass is 10.1. The third kappa shape index (κ3) is 4.19. The van der Waals surface area contributed by atoms with Crippen LogP contribution < -0.4 is 4.72 Å². The molecule has 0 radical (unpaired) electrons. The van der Waals surface area contributed by atoms with E-state index in [4.69, 9.17) is 6.42 Å². The molecule has 0 aromatic heterocycles. The van der Waals surface area contributed by atoms with E-state index in [2.05, 4.69) is 10.6 Å². The van der Waals surface area contributed by atoms with Gasteiger partial charge in [-0.25, -0.2) is 13.1 Å². The number of benzene rings is 1. The maximum atomic E-state index is 12.2. The number of terminal acetylenes is 1. The van der Waals surface area contributed by atoms with Crippen molar-refractivity contribution in [1.29, 1.82) is 0 Å². The number of sulfonamides is 1. The zero-order valence-electron chi connectivity index (χ0n) is 11.7. The molecular weight excluding hydrogens is 274 g/mol. The van der Waals surface area contributed by atoms with Crippen molar-refractivity contribution in [3.05, 3.63) is 29.8 Å². The van der Waals surface area contributed by atoms with Crippen LogP contribution in [0.3, 0.4) is 0 Å². The molecule has 0 saturated heterocycles. The molecule has 0 bridgehead atoms. The van der Waals surface area contributed by atoms with Crippen LogP contribution in [-0.4, -0.2) is 20.2 Å². The summed E-state index contributed by atoms with van der Waals surface area (Å²) >= 11 is 0. The molecule has 0 amide bonds. The highest BCUT2D eigenvalue weighted by Gasteiger charge is 2.19. The van der Waals surface area contributed by atoms with Crippen molar-refractivity contribution in [3.8, 4) is 12.3 Å². The predicted molar refractivity (Wildman–Crippen MR) is 78.9 cm³/mol. The zero-order chi connectivity index (χ0) is 15.2. The van der Waals surface area contributed by atoms with Crippen LogP contribution in [0.15, 0.2) is 29.2 Å². The average molecular weight is 293 g/mol. The van der Waals surface area contributed by atoms with Gasteiger partial charge in [-0.1, -0.05) is 26.0 Å². The van der Waals surface area contributed by atoms with Gasteiger partial charge in [-0.15, -0.1) is 12.3 Å². The molecule has 4 nitrogen and oxygen atoms in total. The first-order chi connectivity index (χ1) is 9.44. The van der Waals surface area contributed by atoms with E-state index in [1.54, 1.807) is 19.1 Å². The van der Waals surface area contributed by atoms with Crippen molar-refractivity contribution in [2.24, 2.45) is 0 Å². The number of nitrogens with one attached hydrogen (secondary N) is 1. The molecule has 0 aliphatic heterocycles. The van der Waals surface area contributed by atoms with Gasteiger partial charge in [-0.05, 0) is 18.6 Å². The molecule has 0 fully saturated rings. The number of ketones is 1. The normalized spacial score (nSPS) is 12.7. The van der Waals surface area contributed by atoms with E-state index in [0.29, 0.717) is 24.8 Å². The fraction of sp³-hybridized carbons (Fsp3) is 0.400. The highest BCUT2D eigenvalue weighted by atomic mass is 32.2. The van der Waals surface area contributed by atoms with Gasteiger partial charge in [-0.3, -0.25) is 4.79 Å². The van der Waals surface area contributed by atoms with Crippen LogP contribution in [0.5, 0.6) is 0 Å². The van der Waals surface area contributed by atoms with Gasteiger partial charge in [0.15, 0.2) is 5.78 Å². The molecule has 0 spiro atoms. The Balaban J connectivity index is 3.04. The monoisotopic (exact) mass is 293 g/mol. The molecule has 108 valence electrons. The van der Waals surface area contributed by atoms with E-state index in [9.17, 15) is 13.2 Å². The second-order valence-corrected chi connectivity index (χ2v) is 6.15. The van der Waals surface area contributed by atoms with Crippen LogP contribution in [-0.2, 0) is 10.0 Å². The van der Waals surface area contributed by atoms with Crippen LogP contribution in [0.1, 0.15) is 43.5 Å². The van der Waals surface area contributed by atoms with Gasteiger partial charge < -0.3 is 0 Å². The number of Topliss-reactive ketones (excluding diaryl/α,β-unsaturated/α-hetero) is 1. The lowest BCUT2D eigenvalue weighted by Gasteiger charge is -2.14. The number of carbonyl (C=O) groups excluding carboxylic acids is 1. The first-order valence-corrected chi connectivity index (χ1v) is 8.02. The third-order valence-electron chi connectivity index (χ3n) is 2.97. The Morgan fingerprint density at radius 2 is 2.10 bits per heavy atom. The summed E-state index contributed by atoms with van der Waals surface area (Å²) in [5.74, 6) is 2.36. The minimum Gasteiger partial charge on any atom is -0.294 e. The lowest BCUT2D eigenvalue weighted by molar-refractivity contribution is 0.0988. The van der Waals surface area contributed by atoms with Crippen LogP contribution in [0.2, 0.25) is 0 Å². The van der Waals surface area contributed by atoms with E-state index in [1.165, 1.54) is 12.1 Å². The Hall–Kier alpha value is -1.64. The number of hydrogen-bond acceptors (Lipinski definition) is 3. The second-order valence-electron chi connectivity index (χ2n) is 4.44. The third-order valence-corrected chi connectivity index (χ3v) is 4.48. The standard InChI is InChI=1S/C15H19NO3S/c1-4-8-13(5-2)16-20(18,19)14-10-7-9-12(11-14)15(17)6-3/h1,7,9-11,13,16H,5-6,8H2,2-3H3. The maximum absolute atomic E-state index is 12.2. The summed E-state index contributed by atoms with van der Waals surface area (Å²) in [5, 5.41) is 0. The molecule has 0 aliphatic rings. The van der Waals surface area contributed by atoms with Crippen molar-refractivity contribution in [1.82, 2.24) is 4.72 Å². The number of rotatable bonds is 7. The van der Waals surface area contributed by atoms with Gasteiger partial charge in [0.05, 0.1) is 4.90 Å². The summed E-state index contributed by atoms with van der Waals surface area (Å²) in [7, 11) is -3.66. The van der Waals surface area contributed by atoms with Crippen molar-refractivity contribution in [3.63, 3.8) is 0 Å². The molecule has 1 N–H and O–H groups in total.